The molecule has 0 spiro atoms. The number of morpholine rings is 1. The Morgan fingerprint density at radius 1 is 1.18 bits per heavy atom. The molecule has 0 bridgehead atoms. The number of aliphatic hydroxyl groups excluding tert-OH is 2. The predicted molar refractivity (Wildman–Crippen MR) is 135 cm³/mol. The van der Waals surface area contributed by atoms with Crippen LogP contribution in [0, 0.1) is 23.2 Å². The number of rotatable bonds is 5. The van der Waals surface area contributed by atoms with Gasteiger partial charge in [-0.25, -0.2) is 0 Å². The van der Waals surface area contributed by atoms with Crippen molar-refractivity contribution in [3.8, 4) is 0 Å². The average Bonchev–Trinajstić information content (AvgIpc) is 3.14. The molecule has 8 atom stereocenters. The first-order valence-electron chi connectivity index (χ1n) is 13.5. The summed E-state index contributed by atoms with van der Waals surface area (Å²) in [7, 11) is 0. The first kappa shape index (κ1) is 25.2. The molecule has 4 aliphatic rings. The van der Waals surface area contributed by atoms with E-state index in [9.17, 15) is 10.2 Å². The maximum Gasteiger partial charge on any atom is 0.0809 e. The van der Waals surface area contributed by atoms with Crippen LogP contribution in [0.1, 0.15) is 79.1 Å². The summed E-state index contributed by atoms with van der Waals surface area (Å²) >= 11 is 0. The number of nitrogens with zero attached hydrogens (tertiary/aromatic N) is 1. The molecule has 186 valence electrons. The SMILES string of the molecule is C=C1[C@H](O)CC(=CC=C2CCC[C@]3(C)[C@@H](C(C)CCN4C[C@@H](C)OC[C@@H]4C)CC[C@@H]23)C[C@H]1O. The summed E-state index contributed by atoms with van der Waals surface area (Å²) in [5.74, 6) is 2.23. The normalized spacial score (nSPS) is 42.4. The van der Waals surface area contributed by atoms with Crippen molar-refractivity contribution in [1.29, 1.82) is 0 Å². The van der Waals surface area contributed by atoms with Gasteiger partial charge in [-0.05, 0) is 101 Å². The van der Waals surface area contributed by atoms with Crippen LogP contribution >= 0.6 is 0 Å². The van der Waals surface area contributed by atoms with E-state index in [0.29, 0.717) is 41.9 Å². The summed E-state index contributed by atoms with van der Waals surface area (Å²) in [5.41, 5.74) is 3.73. The zero-order valence-electron chi connectivity index (χ0n) is 21.4. The van der Waals surface area contributed by atoms with Crippen LogP contribution in [0.5, 0.6) is 0 Å². The molecule has 1 unspecified atom stereocenters. The molecule has 3 aliphatic carbocycles. The minimum absolute atomic E-state index is 0.356. The predicted octanol–water partition coefficient (Wildman–Crippen LogP) is 5.26. The summed E-state index contributed by atoms with van der Waals surface area (Å²) in [6, 6.07) is 0.534. The monoisotopic (exact) mass is 457 g/mol. The van der Waals surface area contributed by atoms with Gasteiger partial charge in [-0.15, -0.1) is 0 Å². The van der Waals surface area contributed by atoms with Crippen LogP contribution in [0.2, 0.25) is 0 Å². The van der Waals surface area contributed by atoms with Gasteiger partial charge in [0.15, 0.2) is 0 Å². The average molecular weight is 458 g/mol. The van der Waals surface area contributed by atoms with E-state index in [1.165, 1.54) is 45.1 Å². The van der Waals surface area contributed by atoms with Crippen molar-refractivity contribution in [2.24, 2.45) is 23.2 Å². The van der Waals surface area contributed by atoms with Gasteiger partial charge in [0.1, 0.15) is 0 Å². The summed E-state index contributed by atoms with van der Waals surface area (Å²) < 4.78 is 5.82. The molecule has 2 N–H and O–H groups in total. The molecule has 1 heterocycles. The van der Waals surface area contributed by atoms with E-state index in [2.05, 4.69) is 51.3 Å². The van der Waals surface area contributed by atoms with Gasteiger partial charge in [-0.2, -0.15) is 0 Å². The van der Waals surface area contributed by atoms with E-state index < -0.39 is 12.2 Å². The fourth-order valence-corrected chi connectivity index (χ4v) is 7.49. The van der Waals surface area contributed by atoms with Gasteiger partial charge < -0.3 is 14.9 Å². The van der Waals surface area contributed by atoms with E-state index >= 15 is 0 Å². The van der Waals surface area contributed by atoms with Crippen LogP contribution < -0.4 is 0 Å². The quantitative estimate of drug-likeness (QED) is 0.553. The Kier molecular flexibility index (Phi) is 7.90. The van der Waals surface area contributed by atoms with Crippen LogP contribution in [0.25, 0.3) is 0 Å². The van der Waals surface area contributed by atoms with Crippen molar-refractivity contribution < 1.29 is 14.9 Å². The lowest BCUT2D eigenvalue weighted by molar-refractivity contribution is -0.0521. The van der Waals surface area contributed by atoms with Crippen molar-refractivity contribution in [3.63, 3.8) is 0 Å². The van der Waals surface area contributed by atoms with E-state index in [4.69, 9.17) is 4.74 Å². The summed E-state index contributed by atoms with van der Waals surface area (Å²) in [4.78, 5) is 2.64. The molecule has 1 aliphatic heterocycles. The molecular formula is C29H47NO3. The second-order valence-corrected chi connectivity index (χ2v) is 11.9. The number of hydrogen-bond acceptors (Lipinski definition) is 4. The standard InChI is InChI=1S/C29H47NO3/c1-19(12-14-30-17-21(3)33-18-20(30)2)25-10-11-26-24(7-6-13-29(25,26)5)9-8-23-15-27(31)22(4)28(32)16-23/h8-9,19-21,25-28,31-32H,4,6-7,10-18H2,1-3,5H3/t19?,20-,21+,25+,26-,27+,28+,29+/m0/s1. The molecule has 1 saturated heterocycles. The van der Waals surface area contributed by atoms with Crippen LogP contribution in [-0.2, 0) is 4.74 Å². The third-order valence-corrected chi connectivity index (χ3v) is 9.63. The molecule has 4 heteroatoms. The van der Waals surface area contributed by atoms with Gasteiger partial charge in [-0.1, -0.05) is 43.7 Å². The Morgan fingerprint density at radius 2 is 1.91 bits per heavy atom. The molecule has 0 aromatic carbocycles. The molecule has 0 aromatic heterocycles. The maximum atomic E-state index is 10.2. The Hall–Kier alpha value is -0.940. The molecule has 0 radical (unpaired) electrons. The summed E-state index contributed by atoms with van der Waals surface area (Å²) in [5, 5.41) is 20.4. The van der Waals surface area contributed by atoms with Crippen molar-refractivity contribution >= 4 is 0 Å². The van der Waals surface area contributed by atoms with Crippen molar-refractivity contribution in [2.45, 2.75) is 103 Å². The smallest absolute Gasteiger partial charge is 0.0809 e. The van der Waals surface area contributed by atoms with Gasteiger partial charge in [0.25, 0.3) is 0 Å². The van der Waals surface area contributed by atoms with Crippen LogP contribution in [-0.4, -0.2) is 59.2 Å². The molecule has 3 saturated carbocycles. The van der Waals surface area contributed by atoms with Gasteiger partial charge in [0.2, 0.25) is 0 Å². The maximum absolute atomic E-state index is 10.2. The van der Waals surface area contributed by atoms with E-state index in [0.717, 1.165) is 30.6 Å². The number of aliphatic hydroxyl groups is 2. The highest BCUT2D eigenvalue weighted by atomic mass is 16.5. The summed E-state index contributed by atoms with van der Waals surface area (Å²) in [6.07, 6.45) is 12.7. The van der Waals surface area contributed by atoms with Gasteiger partial charge in [-0.3, -0.25) is 4.90 Å². The minimum atomic E-state index is -0.607. The molecule has 0 amide bonds. The third kappa shape index (κ3) is 5.34. The largest absolute Gasteiger partial charge is 0.388 e. The second kappa shape index (κ2) is 10.4. The first-order chi connectivity index (χ1) is 15.7. The molecule has 33 heavy (non-hydrogen) atoms. The third-order valence-electron chi connectivity index (χ3n) is 9.63. The number of allylic oxidation sites excluding steroid dienone is 3. The lowest BCUT2D eigenvalue weighted by atomic mass is 9.61. The fourth-order valence-electron chi connectivity index (χ4n) is 7.49. The Balaban J connectivity index is 1.40. The first-order valence-corrected chi connectivity index (χ1v) is 13.5. The van der Waals surface area contributed by atoms with E-state index in [-0.39, 0.29) is 0 Å². The highest BCUT2D eigenvalue weighted by Crippen LogP contribution is 2.59. The fraction of sp³-hybridized carbons (Fsp3) is 0.793. The van der Waals surface area contributed by atoms with E-state index in [1.807, 2.05) is 0 Å². The lowest BCUT2D eigenvalue weighted by Crippen LogP contribution is -2.48. The highest BCUT2D eigenvalue weighted by molar-refractivity contribution is 5.29. The Bertz CT molecular complexity index is 757. The number of hydrogen-bond donors (Lipinski definition) is 2. The van der Waals surface area contributed by atoms with E-state index in [1.54, 1.807) is 5.57 Å². The number of fused-ring (bicyclic) bond motifs is 1. The van der Waals surface area contributed by atoms with Crippen molar-refractivity contribution in [2.75, 3.05) is 19.7 Å². The number of ether oxygens (including phenoxy) is 1. The van der Waals surface area contributed by atoms with Crippen molar-refractivity contribution in [3.05, 3.63) is 35.5 Å². The topological polar surface area (TPSA) is 52.9 Å². The van der Waals surface area contributed by atoms with Crippen LogP contribution in [0.3, 0.4) is 0 Å². The second-order valence-electron chi connectivity index (χ2n) is 11.9. The van der Waals surface area contributed by atoms with Gasteiger partial charge >= 0.3 is 0 Å². The van der Waals surface area contributed by atoms with Crippen LogP contribution in [0.15, 0.2) is 35.5 Å². The minimum Gasteiger partial charge on any atom is -0.388 e. The zero-order valence-corrected chi connectivity index (χ0v) is 21.4. The van der Waals surface area contributed by atoms with Crippen LogP contribution in [0.4, 0.5) is 0 Å². The lowest BCUT2D eigenvalue weighted by Gasteiger charge is -2.45. The Morgan fingerprint density at radius 3 is 2.64 bits per heavy atom. The zero-order chi connectivity index (χ0) is 23.8. The molecular weight excluding hydrogens is 410 g/mol. The van der Waals surface area contributed by atoms with Gasteiger partial charge in [0, 0.05) is 12.6 Å². The summed E-state index contributed by atoms with van der Waals surface area (Å²) in [6.45, 7) is 16.5. The molecule has 4 nitrogen and oxygen atoms in total. The highest BCUT2D eigenvalue weighted by Gasteiger charge is 2.50. The van der Waals surface area contributed by atoms with Crippen molar-refractivity contribution in [1.82, 2.24) is 4.90 Å². The Labute approximate surface area is 201 Å². The molecule has 4 rings (SSSR count). The molecule has 4 fully saturated rings. The molecule has 0 aromatic rings. The van der Waals surface area contributed by atoms with Gasteiger partial charge in [0.05, 0.1) is 24.9 Å².